The Labute approximate surface area is 409 Å². The standard InChI is InChI=1S/C54H95NO13/c1-3-5-7-9-11-13-15-16-17-18-19-20-21-22-23-24-25-26-28-30-32-34-36-38-46(59)55-42(43(58)37-35-33-31-29-27-14-12-10-8-6-4-2)41-65-53-51(64)49(62)52(45(40-57)67-53)68-54-50(63)48(61)47(60)44(39-56)66-54/h5,7,11,13,16-17,19-20,35,37,42-45,47-54,56-58,60-64H,3-4,6,8-10,12,14-15,18,21-34,36,38-41H2,1-2H3,(H,55,59)/b7-5-,13-11-,17-16-,20-19-,37-35+. The fourth-order valence-corrected chi connectivity index (χ4v) is 8.40. The number of hydrogen-bond donors (Lipinski definition) is 9. The number of carbonyl (C=O) groups is 1. The molecule has 0 saturated carbocycles. The lowest BCUT2D eigenvalue weighted by Crippen LogP contribution is -2.65. The number of aliphatic hydroxyl groups excluding tert-OH is 8. The Morgan fingerprint density at radius 3 is 1.56 bits per heavy atom. The molecule has 2 saturated heterocycles. The lowest BCUT2D eigenvalue weighted by atomic mass is 9.97. The highest BCUT2D eigenvalue weighted by molar-refractivity contribution is 5.76. The van der Waals surface area contributed by atoms with Crippen LogP contribution >= 0.6 is 0 Å². The van der Waals surface area contributed by atoms with Gasteiger partial charge in [-0.05, 0) is 57.8 Å². The van der Waals surface area contributed by atoms with Gasteiger partial charge in [-0.1, -0.05) is 177 Å². The van der Waals surface area contributed by atoms with Gasteiger partial charge in [0.05, 0.1) is 32.0 Å². The first-order valence-corrected chi connectivity index (χ1v) is 26.5. The summed E-state index contributed by atoms with van der Waals surface area (Å²) in [6.07, 6.45) is 32.6. The van der Waals surface area contributed by atoms with Gasteiger partial charge in [0.2, 0.25) is 5.91 Å². The fraction of sp³-hybridized carbons (Fsp3) is 0.796. The van der Waals surface area contributed by atoms with E-state index in [1.807, 2.05) is 6.08 Å². The molecule has 2 aliphatic rings. The second-order valence-corrected chi connectivity index (χ2v) is 18.6. The summed E-state index contributed by atoms with van der Waals surface area (Å²) < 4.78 is 22.7. The lowest BCUT2D eigenvalue weighted by molar-refractivity contribution is -0.359. The number of aliphatic hydroxyl groups is 8. The molecule has 14 heteroatoms. The molecule has 2 fully saturated rings. The molecule has 14 nitrogen and oxygen atoms in total. The fourth-order valence-electron chi connectivity index (χ4n) is 8.40. The molecule has 394 valence electrons. The van der Waals surface area contributed by atoms with Crippen LogP contribution in [0.3, 0.4) is 0 Å². The average molecular weight is 966 g/mol. The largest absolute Gasteiger partial charge is 0.394 e. The molecule has 2 rings (SSSR count). The first-order chi connectivity index (χ1) is 33.1. The number of nitrogens with one attached hydrogen (secondary N) is 1. The predicted octanol–water partition coefficient (Wildman–Crippen LogP) is 7.44. The molecule has 0 radical (unpaired) electrons. The van der Waals surface area contributed by atoms with Crippen LogP contribution in [0.1, 0.15) is 181 Å². The van der Waals surface area contributed by atoms with Crippen molar-refractivity contribution in [2.45, 2.75) is 254 Å². The quantitative estimate of drug-likeness (QED) is 0.0215. The molecule has 1 amide bonds. The Hall–Kier alpha value is -2.31. The van der Waals surface area contributed by atoms with Crippen LogP contribution in [0, 0.1) is 0 Å². The molecule has 12 unspecified atom stereocenters. The van der Waals surface area contributed by atoms with Crippen molar-refractivity contribution in [2.75, 3.05) is 19.8 Å². The first kappa shape index (κ1) is 61.8. The minimum Gasteiger partial charge on any atom is -0.394 e. The Kier molecular flexibility index (Phi) is 36.6. The smallest absolute Gasteiger partial charge is 0.220 e. The van der Waals surface area contributed by atoms with Crippen LogP contribution < -0.4 is 5.32 Å². The molecule has 2 aliphatic heterocycles. The first-order valence-electron chi connectivity index (χ1n) is 26.5. The maximum atomic E-state index is 13.2. The summed E-state index contributed by atoms with van der Waals surface area (Å²) in [7, 11) is 0. The van der Waals surface area contributed by atoms with Gasteiger partial charge in [-0.25, -0.2) is 0 Å². The average Bonchev–Trinajstić information content (AvgIpc) is 3.34. The van der Waals surface area contributed by atoms with E-state index < -0.39 is 86.8 Å². The maximum Gasteiger partial charge on any atom is 0.220 e. The topological polar surface area (TPSA) is 228 Å². The van der Waals surface area contributed by atoms with Gasteiger partial charge in [-0.2, -0.15) is 0 Å². The molecule has 0 aromatic carbocycles. The Morgan fingerprint density at radius 2 is 1.01 bits per heavy atom. The molecular formula is C54H95NO13. The summed E-state index contributed by atoms with van der Waals surface area (Å²) in [6, 6.07) is -0.917. The van der Waals surface area contributed by atoms with E-state index in [0.717, 1.165) is 70.6 Å². The van der Waals surface area contributed by atoms with Crippen molar-refractivity contribution in [1.82, 2.24) is 5.32 Å². The van der Waals surface area contributed by atoms with E-state index in [0.29, 0.717) is 6.42 Å². The normalized spacial score (nSPS) is 26.9. The van der Waals surface area contributed by atoms with Crippen LogP contribution in [0.4, 0.5) is 0 Å². The predicted molar refractivity (Wildman–Crippen MR) is 267 cm³/mol. The van der Waals surface area contributed by atoms with Crippen molar-refractivity contribution in [1.29, 1.82) is 0 Å². The summed E-state index contributed by atoms with van der Waals surface area (Å²) in [5.74, 6) is -0.248. The molecule has 12 atom stereocenters. The van der Waals surface area contributed by atoms with Crippen LogP contribution in [0.2, 0.25) is 0 Å². The van der Waals surface area contributed by atoms with Gasteiger partial charge >= 0.3 is 0 Å². The van der Waals surface area contributed by atoms with E-state index in [-0.39, 0.29) is 18.9 Å². The van der Waals surface area contributed by atoms with Gasteiger partial charge in [-0.15, -0.1) is 0 Å². The lowest BCUT2D eigenvalue weighted by Gasteiger charge is -2.46. The molecule has 2 heterocycles. The molecule has 0 aliphatic carbocycles. The highest BCUT2D eigenvalue weighted by atomic mass is 16.7. The van der Waals surface area contributed by atoms with E-state index in [4.69, 9.17) is 18.9 Å². The molecular weight excluding hydrogens is 871 g/mol. The van der Waals surface area contributed by atoms with Crippen LogP contribution in [0.25, 0.3) is 0 Å². The van der Waals surface area contributed by atoms with Gasteiger partial charge in [0, 0.05) is 6.42 Å². The van der Waals surface area contributed by atoms with Gasteiger partial charge in [0.15, 0.2) is 12.6 Å². The van der Waals surface area contributed by atoms with E-state index >= 15 is 0 Å². The van der Waals surface area contributed by atoms with Crippen LogP contribution in [0.5, 0.6) is 0 Å². The zero-order valence-electron chi connectivity index (χ0n) is 41.8. The highest BCUT2D eigenvalue weighted by Crippen LogP contribution is 2.30. The summed E-state index contributed by atoms with van der Waals surface area (Å²) >= 11 is 0. The molecule has 0 bridgehead atoms. The monoisotopic (exact) mass is 966 g/mol. The van der Waals surface area contributed by atoms with E-state index in [2.05, 4.69) is 67.8 Å². The Bertz CT molecular complexity index is 1370. The number of hydrogen-bond acceptors (Lipinski definition) is 13. The van der Waals surface area contributed by atoms with Crippen molar-refractivity contribution in [3.05, 3.63) is 60.8 Å². The maximum absolute atomic E-state index is 13.2. The van der Waals surface area contributed by atoms with Crippen molar-refractivity contribution >= 4 is 5.91 Å². The second-order valence-electron chi connectivity index (χ2n) is 18.6. The van der Waals surface area contributed by atoms with Gasteiger partial charge < -0.3 is 65.1 Å². The third-order valence-electron chi connectivity index (χ3n) is 12.7. The van der Waals surface area contributed by atoms with E-state index in [1.165, 1.54) is 83.5 Å². The van der Waals surface area contributed by atoms with Gasteiger partial charge in [0.1, 0.15) is 48.8 Å². The summed E-state index contributed by atoms with van der Waals surface area (Å²) in [5, 5.41) is 86.7. The van der Waals surface area contributed by atoms with Gasteiger partial charge in [0.25, 0.3) is 0 Å². The minimum atomic E-state index is -1.79. The number of carbonyl (C=O) groups excluding carboxylic acids is 1. The Morgan fingerprint density at radius 1 is 0.544 bits per heavy atom. The summed E-state index contributed by atoms with van der Waals surface area (Å²) in [4.78, 5) is 13.2. The molecule has 0 aromatic rings. The summed E-state index contributed by atoms with van der Waals surface area (Å²) in [5.41, 5.74) is 0. The zero-order chi connectivity index (χ0) is 49.6. The van der Waals surface area contributed by atoms with Gasteiger partial charge in [-0.3, -0.25) is 4.79 Å². The van der Waals surface area contributed by atoms with Crippen molar-refractivity contribution in [3.8, 4) is 0 Å². The van der Waals surface area contributed by atoms with Crippen LogP contribution in [0.15, 0.2) is 60.8 Å². The van der Waals surface area contributed by atoms with Crippen molar-refractivity contribution in [2.24, 2.45) is 0 Å². The minimum absolute atomic E-state index is 0.248. The van der Waals surface area contributed by atoms with E-state index in [9.17, 15) is 45.6 Å². The molecule has 0 spiro atoms. The second kappa shape index (κ2) is 40.3. The van der Waals surface area contributed by atoms with Crippen molar-refractivity contribution in [3.63, 3.8) is 0 Å². The Balaban J connectivity index is 1.77. The third-order valence-corrected chi connectivity index (χ3v) is 12.7. The SMILES string of the molecule is CC/C=C\C/C=C\C/C=C\C/C=C\CCCCCCCCCCCCC(=O)NC(COC1OC(CO)C(OC2OC(CO)C(O)C(O)C2O)C(O)C1O)C(O)/C=C/CCCCCCCCCCC. The molecule has 0 aromatic heterocycles. The molecule has 9 N–H and O–H groups in total. The van der Waals surface area contributed by atoms with E-state index in [1.54, 1.807) is 6.08 Å². The van der Waals surface area contributed by atoms with Crippen LogP contribution in [-0.4, -0.2) is 140 Å². The highest BCUT2D eigenvalue weighted by Gasteiger charge is 2.51. The third kappa shape index (κ3) is 26.8. The number of amides is 1. The number of rotatable bonds is 40. The number of ether oxygens (including phenoxy) is 4. The molecule has 68 heavy (non-hydrogen) atoms. The number of allylic oxidation sites excluding steroid dienone is 9. The zero-order valence-corrected chi connectivity index (χ0v) is 41.8. The van der Waals surface area contributed by atoms with Crippen LogP contribution in [-0.2, 0) is 23.7 Å². The number of unbranched alkanes of at least 4 members (excludes halogenated alkanes) is 19. The van der Waals surface area contributed by atoms with Crippen molar-refractivity contribution < 1.29 is 64.6 Å². The summed E-state index contributed by atoms with van der Waals surface area (Å²) in [6.45, 7) is 2.64.